The number of hydrogen-bond donors (Lipinski definition) is 1. The van der Waals surface area contributed by atoms with E-state index in [9.17, 15) is 16.8 Å². The van der Waals surface area contributed by atoms with E-state index in [1.807, 2.05) is 0 Å². The molecule has 0 bridgehead atoms. The van der Waals surface area contributed by atoms with E-state index >= 15 is 0 Å². The monoisotopic (exact) mass is 384 g/mol. The molecular formula is C13H21ClN2O5S2. The topological polar surface area (TPSA) is 92.8 Å². The summed E-state index contributed by atoms with van der Waals surface area (Å²) in [6.45, 7) is 3.40. The molecule has 0 aliphatic carbocycles. The maximum absolute atomic E-state index is 12.3. The molecule has 0 aliphatic heterocycles. The highest BCUT2D eigenvalue weighted by molar-refractivity contribution is 7.89. The van der Waals surface area contributed by atoms with Crippen molar-refractivity contribution >= 4 is 31.6 Å². The van der Waals surface area contributed by atoms with E-state index in [0.29, 0.717) is 0 Å². The van der Waals surface area contributed by atoms with Crippen LogP contribution in [0, 0.1) is 0 Å². The van der Waals surface area contributed by atoms with Crippen LogP contribution in [0.15, 0.2) is 23.1 Å². The van der Waals surface area contributed by atoms with Crippen LogP contribution in [0.25, 0.3) is 0 Å². The summed E-state index contributed by atoms with van der Waals surface area (Å²) in [4.78, 5) is -0.0945. The molecule has 0 amide bonds. The molecule has 1 N–H and O–H groups in total. The van der Waals surface area contributed by atoms with Gasteiger partial charge < -0.3 is 4.74 Å². The minimum Gasteiger partial charge on any atom is -0.495 e. The van der Waals surface area contributed by atoms with Gasteiger partial charge in [-0.2, -0.15) is 4.31 Å². The first kappa shape index (κ1) is 20.2. The number of halogens is 1. The average Bonchev–Trinajstić information content (AvgIpc) is 2.41. The van der Waals surface area contributed by atoms with Gasteiger partial charge in [-0.15, -0.1) is 0 Å². The van der Waals surface area contributed by atoms with Crippen molar-refractivity contribution in [2.45, 2.75) is 24.8 Å². The third-order valence-electron chi connectivity index (χ3n) is 3.04. The molecule has 0 atom stereocenters. The van der Waals surface area contributed by atoms with E-state index in [1.54, 1.807) is 13.8 Å². The van der Waals surface area contributed by atoms with Crippen LogP contribution in [0.3, 0.4) is 0 Å². The molecule has 0 spiro atoms. The first-order valence-corrected chi connectivity index (χ1v) is 10.5. The Morgan fingerprint density at radius 2 is 1.87 bits per heavy atom. The van der Waals surface area contributed by atoms with E-state index in [2.05, 4.69) is 4.72 Å². The summed E-state index contributed by atoms with van der Waals surface area (Å²) in [6.07, 6.45) is 1.08. The first-order chi connectivity index (χ1) is 10.5. The molecule has 1 aromatic carbocycles. The smallest absolute Gasteiger partial charge is 0.244 e. The molecule has 10 heteroatoms. The molecule has 23 heavy (non-hydrogen) atoms. The van der Waals surface area contributed by atoms with Gasteiger partial charge >= 0.3 is 0 Å². The number of nitrogens with one attached hydrogen (secondary N) is 1. The highest BCUT2D eigenvalue weighted by Crippen LogP contribution is 2.26. The normalized spacial score (nSPS) is 12.8. The fourth-order valence-electron chi connectivity index (χ4n) is 2.04. The number of ether oxygens (including phenoxy) is 1. The number of methoxy groups -OCH3 is 1. The van der Waals surface area contributed by atoms with E-state index in [0.717, 1.165) is 6.26 Å². The maximum atomic E-state index is 12.3. The van der Waals surface area contributed by atoms with Crippen LogP contribution in [0.1, 0.15) is 13.8 Å². The number of benzene rings is 1. The second-order valence-corrected chi connectivity index (χ2v) is 9.27. The molecular weight excluding hydrogens is 364 g/mol. The van der Waals surface area contributed by atoms with Gasteiger partial charge in [-0.1, -0.05) is 11.6 Å². The number of nitrogens with zero attached hydrogens (tertiary/aromatic N) is 1. The predicted octanol–water partition coefficient (Wildman–Crippen LogP) is 1.30. The summed E-state index contributed by atoms with van der Waals surface area (Å²) in [5, 5.41) is 0.256. The zero-order valence-electron chi connectivity index (χ0n) is 13.4. The van der Waals surface area contributed by atoms with E-state index in [4.69, 9.17) is 16.3 Å². The molecule has 0 aliphatic rings. The van der Waals surface area contributed by atoms with E-state index in [1.165, 1.54) is 29.6 Å². The van der Waals surface area contributed by atoms with Gasteiger partial charge in [-0.3, -0.25) is 0 Å². The SMILES string of the molecule is COc1ccc(Cl)cc1S(=O)(=O)NCCN(C(C)C)S(C)(=O)=O. The maximum Gasteiger partial charge on any atom is 0.244 e. The molecule has 0 saturated carbocycles. The summed E-state index contributed by atoms with van der Waals surface area (Å²) in [5.74, 6) is 0.158. The Kier molecular flexibility index (Phi) is 6.84. The highest BCUT2D eigenvalue weighted by Gasteiger charge is 2.23. The second kappa shape index (κ2) is 7.80. The third-order valence-corrected chi connectivity index (χ3v) is 6.21. The van der Waals surface area contributed by atoms with E-state index < -0.39 is 20.0 Å². The Hall–Kier alpha value is -0.870. The molecule has 1 rings (SSSR count). The summed E-state index contributed by atoms with van der Waals surface area (Å²) in [7, 11) is -5.93. The Balaban J connectivity index is 2.91. The van der Waals surface area contributed by atoms with Gasteiger partial charge in [0.2, 0.25) is 20.0 Å². The fourth-order valence-corrected chi connectivity index (χ4v) is 4.67. The van der Waals surface area contributed by atoms with Gasteiger partial charge in [0.25, 0.3) is 0 Å². The fraction of sp³-hybridized carbons (Fsp3) is 0.538. The van der Waals surface area contributed by atoms with Gasteiger partial charge in [-0.25, -0.2) is 21.6 Å². The summed E-state index contributed by atoms with van der Waals surface area (Å²) >= 11 is 5.83. The van der Waals surface area contributed by atoms with Crippen LogP contribution in [0.5, 0.6) is 5.75 Å². The molecule has 132 valence electrons. The third kappa shape index (κ3) is 5.61. The molecule has 7 nitrogen and oxygen atoms in total. The van der Waals surface area contributed by atoms with Crippen LogP contribution in [0.2, 0.25) is 5.02 Å². The van der Waals surface area contributed by atoms with Crippen molar-refractivity contribution in [2.75, 3.05) is 26.5 Å². The minimum atomic E-state index is -3.87. The van der Waals surface area contributed by atoms with Crippen LogP contribution >= 0.6 is 11.6 Å². The lowest BCUT2D eigenvalue weighted by molar-refractivity contribution is 0.360. The van der Waals surface area contributed by atoms with Crippen molar-refractivity contribution in [3.05, 3.63) is 23.2 Å². The quantitative estimate of drug-likeness (QED) is 0.729. The van der Waals surface area contributed by atoms with Crippen molar-refractivity contribution in [1.82, 2.24) is 9.03 Å². The molecule has 0 radical (unpaired) electrons. The number of rotatable bonds is 8. The Morgan fingerprint density at radius 1 is 1.26 bits per heavy atom. The van der Waals surface area contributed by atoms with Gasteiger partial charge in [0.05, 0.1) is 13.4 Å². The molecule has 0 unspecified atom stereocenters. The summed E-state index contributed by atoms with van der Waals surface area (Å²) in [6, 6.07) is 3.98. The van der Waals surface area contributed by atoms with Crippen molar-refractivity contribution in [1.29, 1.82) is 0 Å². The van der Waals surface area contributed by atoms with Crippen molar-refractivity contribution in [2.24, 2.45) is 0 Å². The number of sulfonamides is 2. The molecule has 0 heterocycles. The van der Waals surface area contributed by atoms with Crippen LogP contribution in [-0.2, 0) is 20.0 Å². The van der Waals surface area contributed by atoms with Gasteiger partial charge in [0, 0.05) is 24.2 Å². The summed E-state index contributed by atoms with van der Waals surface area (Å²) < 4.78 is 56.6. The standard InChI is InChI=1S/C13H21ClN2O5S2/c1-10(2)16(22(4,17)18)8-7-15-23(19,20)13-9-11(14)5-6-12(13)21-3/h5-6,9-10,15H,7-8H2,1-4H3. The lowest BCUT2D eigenvalue weighted by Gasteiger charge is -2.24. The average molecular weight is 385 g/mol. The largest absolute Gasteiger partial charge is 0.495 e. The van der Waals surface area contributed by atoms with Crippen LogP contribution in [0.4, 0.5) is 0 Å². The first-order valence-electron chi connectivity index (χ1n) is 6.79. The minimum absolute atomic E-state index is 0.0264. The second-order valence-electron chi connectivity index (χ2n) is 5.16. The highest BCUT2D eigenvalue weighted by atomic mass is 35.5. The predicted molar refractivity (Wildman–Crippen MR) is 89.9 cm³/mol. The van der Waals surface area contributed by atoms with Gasteiger partial charge in [0.1, 0.15) is 10.6 Å². The molecule has 0 fully saturated rings. The Bertz CT molecular complexity index is 748. The van der Waals surface area contributed by atoms with Crippen molar-refractivity contribution in [3.63, 3.8) is 0 Å². The molecule has 0 aromatic heterocycles. The van der Waals surface area contributed by atoms with Crippen molar-refractivity contribution in [3.8, 4) is 5.75 Å². The van der Waals surface area contributed by atoms with E-state index in [-0.39, 0.29) is 34.8 Å². The van der Waals surface area contributed by atoms with Gasteiger partial charge in [0.15, 0.2) is 0 Å². The summed E-state index contributed by atoms with van der Waals surface area (Å²) in [5.41, 5.74) is 0. The van der Waals surface area contributed by atoms with Crippen LogP contribution < -0.4 is 9.46 Å². The zero-order chi connectivity index (χ0) is 17.8. The lowest BCUT2D eigenvalue weighted by atomic mass is 10.3. The van der Waals surface area contributed by atoms with Gasteiger partial charge in [-0.05, 0) is 32.0 Å². The number of hydrogen-bond acceptors (Lipinski definition) is 5. The lowest BCUT2D eigenvalue weighted by Crippen LogP contribution is -2.41. The Labute approximate surface area is 142 Å². The molecule has 0 saturated heterocycles. The van der Waals surface area contributed by atoms with Crippen LogP contribution in [-0.4, -0.2) is 53.6 Å². The Morgan fingerprint density at radius 3 is 2.35 bits per heavy atom. The zero-order valence-corrected chi connectivity index (χ0v) is 15.8. The van der Waals surface area contributed by atoms with Crippen molar-refractivity contribution < 1.29 is 21.6 Å². The molecule has 1 aromatic rings.